The molecule has 0 spiro atoms. The van der Waals surface area contributed by atoms with E-state index in [1.807, 2.05) is 18.2 Å². The molecule has 7 heteroatoms. The van der Waals surface area contributed by atoms with Gasteiger partial charge in [-0.05, 0) is 37.5 Å². The summed E-state index contributed by atoms with van der Waals surface area (Å²) in [5.41, 5.74) is 1.43. The van der Waals surface area contributed by atoms with Crippen LogP contribution in [0, 0.1) is 0 Å². The van der Waals surface area contributed by atoms with Crippen molar-refractivity contribution in [2.75, 3.05) is 18.4 Å². The second-order valence-electron chi connectivity index (χ2n) is 6.34. The average Bonchev–Trinajstić information content (AvgIpc) is 3.07. The molecule has 3 rings (SSSR count). The topological polar surface area (TPSA) is 91.5 Å². The zero-order valence-corrected chi connectivity index (χ0v) is 14.4. The number of hydrogen-bond donors (Lipinski definition) is 2. The number of aliphatic hydroxyl groups excluding tert-OH is 1. The molecule has 0 saturated carbocycles. The summed E-state index contributed by atoms with van der Waals surface area (Å²) in [5.74, 6) is 1.19. The Kier molecular flexibility index (Phi) is 5.65. The van der Waals surface area contributed by atoms with Crippen molar-refractivity contribution >= 4 is 11.6 Å². The Hall–Kier alpha value is -2.41. The molecule has 1 aromatic carbocycles. The van der Waals surface area contributed by atoms with Crippen molar-refractivity contribution in [1.82, 2.24) is 15.0 Å². The number of likely N-dealkylation sites (tertiary alicyclic amines) is 1. The van der Waals surface area contributed by atoms with Crippen molar-refractivity contribution in [1.29, 1.82) is 0 Å². The summed E-state index contributed by atoms with van der Waals surface area (Å²) in [6.45, 7) is 3.59. The molecule has 0 aliphatic carbocycles. The van der Waals surface area contributed by atoms with E-state index in [4.69, 9.17) is 4.52 Å². The number of rotatable bonds is 6. The molecule has 1 saturated heterocycles. The van der Waals surface area contributed by atoms with Gasteiger partial charge in [-0.1, -0.05) is 18.1 Å². The number of carbonyl (C=O) groups is 1. The Morgan fingerprint density at radius 2 is 2.36 bits per heavy atom. The highest BCUT2D eigenvalue weighted by molar-refractivity contribution is 5.95. The highest BCUT2D eigenvalue weighted by Crippen LogP contribution is 2.17. The van der Waals surface area contributed by atoms with E-state index in [0.29, 0.717) is 36.9 Å². The van der Waals surface area contributed by atoms with Gasteiger partial charge in [0.2, 0.25) is 5.89 Å². The van der Waals surface area contributed by atoms with Crippen LogP contribution in [0.5, 0.6) is 0 Å². The molecule has 1 fully saturated rings. The van der Waals surface area contributed by atoms with Crippen molar-refractivity contribution in [2.45, 2.75) is 45.3 Å². The minimum absolute atomic E-state index is 0.0489. The summed E-state index contributed by atoms with van der Waals surface area (Å²) in [4.78, 5) is 18.6. The maximum atomic E-state index is 12.6. The number of aliphatic hydroxyl groups is 1. The van der Waals surface area contributed by atoms with Crippen LogP contribution in [0.25, 0.3) is 0 Å². The van der Waals surface area contributed by atoms with Crippen LogP contribution in [0.4, 0.5) is 5.69 Å². The number of aryl methyl sites for hydroxylation is 1. The molecule has 2 N–H and O–H groups in total. The molecule has 25 heavy (non-hydrogen) atoms. The Morgan fingerprint density at radius 3 is 3.16 bits per heavy atom. The molecule has 0 radical (unpaired) electrons. The summed E-state index contributed by atoms with van der Waals surface area (Å²) in [6, 6.07) is 7.35. The number of anilines is 1. The molecule has 134 valence electrons. The summed E-state index contributed by atoms with van der Waals surface area (Å²) in [5, 5.41) is 16.9. The van der Waals surface area contributed by atoms with Crippen LogP contribution in [-0.2, 0) is 13.0 Å². The van der Waals surface area contributed by atoms with Crippen molar-refractivity contribution in [2.24, 2.45) is 0 Å². The average molecular weight is 344 g/mol. The van der Waals surface area contributed by atoms with E-state index < -0.39 is 6.10 Å². The lowest BCUT2D eigenvalue weighted by Crippen LogP contribution is -2.42. The number of benzene rings is 1. The number of carbonyl (C=O) groups excluding carboxylic acids is 1. The highest BCUT2D eigenvalue weighted by atomic mass is 16.5. The normalized spacial score (nSPS) is 17.5. The number of piperidine rings is 1. The number of nitrogens with zero attached hydrogens (tertiary/aromatic N) is 3. The Labute approximate surface area is 147 Å². The summed E-state index contributed by atoms with van der Waals surface area (Å²) < 4.78 is 5.16. The van der Waals surface area contributed by atoms with Crippen LogP contribution in [0.2, 0.25) is 0 Å². The minimum Gasteiger partial charge on any atom is -0.391 e. The van der Waals surface area contributed by atoms with E-state index in [9.17, 15) is 9.90 Å². The number of nitrogens with one attached hydrogen (secondary N) is 1. The molecule has 1 aromatic heterocycles. The van der Waals surface area contributed by atoms with Gasteiger partial charge in [0.15, 0.2) is 5.82 Å². The number of aromatic nitrogens is 2. The zero-order chi connectivity index (χ0) is 17.6. The van der Waals surface area contributed by atoms with Crippen LogP contribution < -0.4 is 5.32 Å². The third-order valence-electron chi connectivity index (χ3n) is 4.22. The molecule has 2 heterocycles. The summed E-state index contributed by atoms with van der Waals surface area (Å²) >= 11 is 0. The van der Waals surface area contributed by atoms with Gasteiger partial charge in [0, 0.05) is 30.8 Å². The Morgan fingerprint density at radius 1 is 1.48 bits per heavy atom. The monoisotopic (exact) mass is 344 g/mol. The third kappa shape index (κ3) is 4.57. The summed E-state index contributed by atoms with van der Waals surface area (Å²) in [6.07, 6.45) is 2.91. The maximum Gasteiger partial charge on any atom is 0.254 e. The second kappa shape index (κ2) is 8.11. The van der Waals surface area contributed by atoms with Crippen LogP contribution in [0.15, 0.2) is 28.8 Å². The zero-order valence-electron chi connectivity index (χ0n) is 14.4. The van der Waals surface area contributed by atoms with E-state index in [1.54, 1.807) is 11.0 Å². The minimum atomic E-state index is -0.422. The lowest BCUT2D eigenvalue weighted by molar-refractivity contribution is 0.0474. The van der Waals surface area contributed by atoms with E-state index in [0.717, 1.165) is 31.4 Å². The first-order valence-electron chi connectivity index (χ1n) is 8.78. The van der Waals surface area contributed by atoms with Gasteiger partial charge < -0.3 is 19.8 Å². The van der Waals surface area contributed by atoms with Gasteiger partial charge in [-0.2, -0.15) is 4.98 Å². The number of amides is 1. The third-order valence-corrected chi connectivity index (χ3v) is 4.22. The highest BCUT2D eigenvalue weighted by Gasteiger charge is 2.23. The van der Waals surface area contributed by atoms with Gasteiger partial charge in [-0.25, -0.2) is 0 Å². The molecule has 0 bridgehead atoms. The lowest BCUT2D eigenvalue weighted by atomic mass is 10.1. The number of β-amino-alcohol motifs (C(OH)–C–C–N with tert-alkyl or cyclic N) is 1. The fourth-order valence-corrected chi connectivity index (χ4v) is 2.94. The predicted octanol–water partition coefficient (Wildman–Crippen LogP) is 2.23. The molecule has 1 atom stereocenters. The lowest BCUT2D eigenvalue weighted by Gasteiger charge is -2.30. The maximum absolute atomic E-state index is 12.6. The molecule has 7 nitrogen and oxygen atoms in total. The first-order valence-corrected chi connectivity index (χ1v) is 8.78. The first-order chi connectivity index (χ1) is 12.2. The van der Waals surface area contributed by atoms with E-state index in [-0.39, 0.29) is 5.91 Å². The van der Waals surface area contributed by atoms with Crippen molar-refractivity contribution < 1.29 is 14.4 Å². The van der Waals surface area contributed by atoms with Crippen LogP contribution in [-0.4, -0.2) is 45.2 Å². The SMILES string of the molecule is CCCc1nc(CNc2cccc(C(=O)N3CCCC(O)C3)c2)no1. The molecular weight excluding hydrogens is 320 g/mol. The molecule has 1 aliphatic heterocycles. The van der Waals surface area contributed by atoms with Gasteiger partial charge in [0.1, 0.15) is 0 Å². The molecule has 1 unspecified atom stereocenters. The van der Waals surface area contributed by atoms with Crippen LogP contribution in [0.3, 0.4) is 0 Å². The van der Waals surface area contributed by atoms with Crippen molar-refractivity contribution in [3.05, 3.63) is 41.5 Å². The van der Waals surface area contributed by atoms with E-state index in [1.165, 1.54) is 0 Å². The van der Waals surface area contributed by atoms with Crippen molar-refractivity contribution in [3.8, 4) is 0 Å². The van der Waals surface area contributed by atoms with Gasteiger partial charge in [0.25, 0.3) is 5.91 Å². The quantitative estimate of drug-likeness (QED) is 0.835. The fourth-order valence-electron chi connectivity index (χ4n) is 2.94. The van der Waals surface area contributed by atoms with Gasteiger partial charge >= 0.3 is 0 Å². The summed E-state index contributed by atoms with van der Waals surface area (Å²) in [7, 11) is 0. The second-order valence-corrected chi connectivity index (χ2v) is 6.34. The smallest absolute Gasteiger partial charge is 0.254 e. The largest absolute Gasteiger partial charge is 0.391 e. The van der Waals surface area contributed by atoms with Gasteiger partial charge in [-0.15, -0.1) is 0 Å². The van der Waals surface area contributed by atoms with Crippen LogP contribution in [0.1, 0.15) is 48.3 Å². The van der Waals surface area contributed by atoms with E-state index >= 15 is 0 Å². The van der Waals surface area contributed by atoms with Gasteiger partial charge in [0.05, 0.1) is 12.6 Å². The molecular formula is C18H24N4O3. The molecule has 2 aromatic rings. The van der Waals surface area contributed by atoms with E-state index in [2.05, 4.69) is 22.4 Å². The molecule has 1 amide bonds. The fraction of sp³-hybridized carbons (Fsp3) is 0.500. The Balaban J connectivity index is 1.61. The predicted molar refractivity (Wildman–Crippen MR) is 93.2 cm³/mol. The first kappa shape index (κ1) is 17.4. The number of hydrogen-bond acceptors (Lipinski definition) is 6. The standard InChI is InChI=1S/C18H24N4O3/c1-2-5-17-20-16(21-25-17)11-19-14-7-3-6-13(10-14)18(24)22-9-4-8-15(23)12-22/h3,6-7,10,15,19,23H,2,4-5,8-9,11-12H2,1H3. The van der Waals surface area contributed by atoms with Crippen molar-refractivity contribution in [3.63, 3.8) is 0 Å². The molecule has 1 aliphatic rings. The van der Waals surface area contributed by atoms with Gasteiger partial charge in [-0.3, -0.25) is 4.79 Å². The Bertz CT molecular complexity index is 716. The van der Waals surface area contributed by atoms with Crippen LogP contribution >= 0.6 is 0 Å².